The summed E-state index contributed by atoms with van der Waals surface area (Å²) in [7, 11) is 0. The van der Waals surface area contributed by atoms with E-state index in [9.17, 15) is 22.8 Å². The number of carboxylic acid groups (broad SMARTS) is 1. The lowest BCUT2D eigenvalue weighted by atomic mass is 9.82. The van der Waals surface area contributed by atoms with E-state index >= 15 is 0 Å². The maximum absolute atomic E-state index is 12.9. The van der Waals surface area contributed by atoms with Gasteiger partial charge in [-0.05, 0) is 55.4 Å². The van der Waals surface area contributed by atoms with Crippen LogP contribution in [0.25, 0.3) is 0 Å². The number of halogens is 3. The number of aromatic nitrogens is 1. The summed E-state index contributed by atoms with van der Waals surface area (Å²) >= 11 is 0. The fourth-order valence-corrected chi connectivity index (χ4v) is 3.87. The number of hydrogen-bond donors (Lipinski definition) is 1. The molecule has 10 heteroatoms. The number of para-hydroxylation sites is 1. The normalized spacial score (nSPS) is 18.5. The molecule has 0 bridgehead atoms. The highest BCUT2D eigenvalue weighted by Crippen LogP contribution is 2.32. The molecule has 178 valence electrons. The first-order chi connectivity index (χ1) is 15.7. The van der Waals surface area contributed by atoms with Gasteiger partial charge in [-0.25, -0.2) is 19.5 Å². The van der Waals surface area contributed by atoms with Gasteiger partial charge in [0.25, 0.3) is 0 Å². The lowest BCUT2D eigenvalue weighted by molar-refractivity contribution is -0.143. The molecule has 0 saturated heterocycles. The summed E-state index contributed by atoms with van der Waals surface area (Å²) in [5, 5.41) is 8.69. The third-order valence-corrected chi connectivity index (χ3v) is 5.41. The van der Waals surface area contributed by atoms with Crippen molar-refractivity contribution in [1.82, 2.24) is 4.98 Å². The molecule has 1 aromatic heterocycles. The van der Waals surface area contributed by atoms with Crippen LogP contribution in [-0.4, -0.2) is 42.0 Å². The number of alkyl halides is 3. The summed E-state index contributed by atoms with van der Waals surface area (Å²) in [6.07, 6.45) is -1.18. The van der Waals surface area contributed by atoms with Gasteiger partial charge in [0, 0.05) is 6.20 Å². The van der Waals surface area contributed by atoms with Crippen LogP contribution in [0.4, 0.5) is 29.5 Å². The number of carbonyl (C=O) groups is 2. The molecule has 2 aromatic rings. The van der Waals surface area contributed by atoms with Crippen LogP contribution in [0.1, 0.15) is 31.2 Å². The van der Waals surface area contributed by atoms with Crippen molar-refractivity contribution in [3.63, 3.8) is 0 Å². The Bertz CT molecular complexity index is 922. The maximum atomic E-state index is 12.9. The molecule has 2 atom stereocenters. The van der Waals surface area contributed by atoms with Crippen molar-refractivity contribution in [3.8, 4) is 0 Å². The molecule has 1 N–H and O–H groups in total. The Morgan fingerprint density at radius 1 is 1.06 bits per heavy atom. The van der Waals surface area contributed by atoms with Crippen molar-refractivity contribution in [2.24, 2.45) is 11.8 Å². The fraction of sp³-hybridized carbons (Fsp3) is 0.435. The van der Waals surface area contributed by atoms with Gasteiger partial charge in [0.1, 0.15) is 12.4 Å². The monoisotopic (exact) mass is 466 g/mol. The molecule has 0 radical (unpaired) electrons. The quantitative estimate of drug-likeness (QED) is 0.569. The summed E-state index contributed by atoms with van der Waals surface area (Å²) in [6, 6.07) is 10.4. The molecule has 3 rings (SSSR count). The van der Waals surface area contributed by atoms with Gasteiger partial charge in [-0.2, -0.15) is 13.2 Å². The Balaban J connectivity index is 1.65. The first-order valence-corrected chi connectivity index (χ1v) is 10.6. The highest BCUT2D eigenvalue weighted by molar-refractivity contribution is 5.94. The van der Waals surface area contributed by atoms with Crippen molar-refractivity contribution >= 4 is 23.6 Å². The minimum Gasteiger partial charge on any atom is -0.480 e. The van der Waals surface area contributed by atoms with E-state index in [0.717, 1.165) is 42.7 Å². The first kappa shape index (κ1) is 24.5. The van der Waals surface area contributed by atoms with Crippen LogP contribution in [-0.2, 0) is 20.4 Å². The number of rotatable bonds is 8. The molecule has 1 aromatic carbocycles. The van der Waals surface area contributed by atoms with Gasteiger partial charge in [0.05, 0.1) is 24.5 Å². The number of pyridine rings is 1. The Hall–Kier alpha value is -3.14. The van der Waals surface area contributed by atoms with E-state index in [2.05, 4.69) is 4.98 Å². The molecule has 0 spiro atoms. The Labute approximate surface area is 189 Å². The highest BCUT2D eigenvalue weighted by Gasteiger charge is 2.32. The second kappa shape index (κ2) is 11.1. The molecule has 1 amide bonds. The van der Waals surface area contributed by atoms with E-state index in [4.69, 9.17) is 14.6 Å². The van der Waals surface area contributed by atoms with E-state index in [1.807, 2.05) is 0 Å². The zero-order valence-electron chi connectivity index (χ0n) is 17.8. The Morgan fingerprint density at radius 2 is 1.76 bits per heavy atom. The topological polar surface area (TPSA) is 89.0 Å². The molecular formula is C23H25F3N2O5. The molecule has 1 heterocycles. The average molecular weight is 466 g/mol. The molecule has 0 aliphatic heterocycles. The predicted octanol–water partition coefficient (Wildman–Crippen LogP) is 5.28. The summed E-state index contributed by atoms with van der Waals surface area (Å²) in [5.74, 6) is -0.736. The number of hydrogen-bond acceptors (Lipinski definition) is 5. The van der Waals surface area contributed by atoms with Crippen LogP contribution in [0, 0.1) is 11.8 Å². The number of amides is 1. The highest BCUT2D eigenvalue weighted by atomic mass is 19.4. The Morgan fingerprint density at radius 3 is 2.36 bits per heavy atom. The number of nitrogens with zero attached hydrogens (tertiary/aromatic N) is 2. The zero-order valence-corrected chi connectivity index (χ0v) is 17.8. The number of anilines is 2. The van der Waals surface area contributed by atoms with Gasteiger partial charge in [-0.15, -0.1) is 0 Å². The number of aliphatic carboxylic acids is 1. The van der Waals surface area contributed by atoms with Crippen LogP contribution in [0.5, 0.6) is 0 Å². The smallest absolute Gasteiger partial charge is 0.420 e. The minimum atomic E-state index is -4.53. The second-order valence-electron chi connectivity index (χ2n) is 7.96. The molecule has 1 aliphatic carbocycles. The van der Waals surface area contributed by atoms with Crippen LogP contribution in [0.3, 0.4) is 0 Å². The van der Waals surface area contributed by atoms with E-state index in [1.54, 1.807) is 30.3 Å². The molecule has 1 saturated carbocycles. The predicted molar refractivity (Wildman–Crippen MR) is 113 cm³/mol. The molecule has 1 fully saturated rings. The van der Waals surface area contributed by atoms with Gasteiger partial charge in [-0.3, -0.25) is 0 Å². The third kappa shape index (κ3) is 7.18. The summed E-state index contributed by atoms with van der Waals surface area (Å²) in [4.78, 5) is 28.5. The Kier molecular flexibility index (Phi) is 8.26. The minimum absolute atomic E-state index is 0.0165. The van der Waals surface area contributed by atoms with Gasteiger partial charge in [0.2, 0.25) is 0 Å². The SMILES string of the molecule is O=C(O)COCC1CCCC(COC(=O)N(c2ccccc2)c2ccc(C(F)(F)F)cn2)C1. The lowest BCUT2D eigenvalue weighted by Gasteiger charge is -2.29. The van der Waals surface area contributed by atoms with Gasteiger partial charge in [0.15, 0.2) is 0 Å². The van der Waals surface area contributed by atoms with E-state index in [0.29, 0.717) is 18.5 Å². The molecule has 1 aliphatic rings. The van der Waals surface area contributed by atoms with Crippen LogP contribution >= 0.6 is 0 Å². The number of carboxylic acids is 1. The van der Waals surface area contributed by atoms with Crippen molar-refractivity contribution in [2.45, 2.75) is 31.9 Å². The second-order valence-corrected chi connectivity index (χ2v) is 7.96. The molecule has 7 nitrogen and oxygen atoms in total. The molecule has 33 heavy (non-hydrogen) atoms. The third-order valence-electron chi connectivity index (χ3n) is 5.41. The summed E-state index contributed by atoms with van der Waals surface area (Å²) in [6.45, 7) is 0.128. The molecular weight excluding hydrogens is 441 g/mol. The maximum Gasteiger partial charge on any atom is 0.420 e. The van der Waals surface area contributed by atoms with Crippen LogP contribution in [0.2, 0.25) is 0 Å². The number of ether oxygens (including phenoxy) is 2. The average Bonchev–Trinajstić information content (AvgIpc) is 2.78. The van der Waals surface area contributed by atoms with Crippen LogP contribution < -0.4 is 4.90 Å². The summed E-state index contributed by atoms with van der Waals surface area (Å²) < 4.78 is 49.4. The molecule has 2 unspecified atom stereocenters. The standard InChI is InChI=1S/C23H25F3N2O5/c24-23(25,26)18-9-10-20(27-12-18)28(19-7-2-1-3-8-19)22(31)33-14-17-6-4-5-16(11-17)13-32-15-21(29)30/h1-3,7-10,12,16-17H,4-6,11,13-15H2,(H,29,30). The van der Waals surface area contributed by atoms with Gasteiger partial charge in [-0.1, -0.05) is 24.6 Å². The lowest BCUT2D eigenvalue weighted by Crippen LogP contribution is -2.31. The van der Waals surface area contributed by atoms with Crippen molar-refractivity contribution in [1.29, 1.82) is 0 Å². The largest absolute Gasteiger partial charge is 0.480 e. The summed E-state index contributed by atoms with van der Waals surface area (Å²) in [5.41, 5.74) is -0.496. The zero-order chi connectivity index (χ0) is 23.8. The van der Waals surface area contributed by atoms with E-state index in [1.165, 1.54) is 0 Å². The van der Waals surface area contributed by atoms with E-state index in [-0.39, 0.29) is 30.9 Å². The van der Waals surface area contributed by atoms with Crippen molar-refractivity contribution in [2.75, 3.05) is 24.7 Å². The number of carbonyl (C=O) groups excluding carboxylic acids is 1. The number of benzene rings is 1. The van der Waals surface area contributed by atoms with E-state index < -0.39 is 23.8 Å². The van der Waals surface area contributed by atoms with Crippen LogP contribution in [0.15, 0.2) is 48.7 Å². The van der Waals surface area contributed by atoms with Gasteiger partial charge >= 0.3 is 18.2 Å². The van der Waals surface area contributed by atoms with Gasteiger partial charge < -0.3 is 14.6 Å². The first-order valence-electron chi connectivity index (χ1n) is 10.6. The van der Waals surface area contributed by atoms with Crippen molar-refractivity contribution in [3.05, 3.63) is 54.2 Å². The van der Waals surface area contributed by atoms with Crippen molar-refractivity contribution < 1.29 is 37.3 Å². The fourth-order valence-electron chi connectivity index (χ4n) is 3.87.